The zero-order chi connectivity index (χ0) is 15.4. The van der Waals surface area contributed by atoms with Gasteiger partial charge in [0.15, 0.2) is 11.5 Å². The molecule has 5 nitrogen and oxygen atoms in total. The molecule has 0 saturated carbocycles. The zero-order valence-corrected chi connectivity index (χ0v) is 12.7. The second kappa shape index (κ2) is 6.47. The largest absolute Gasteiger partial charge is 0.497 e. The highest BCUT2D eigenvalue weighted by molar-refractivity contribution is 5.60. The number of hydrogen-bond acceptors (Lipinski definition) is 5. The van der Waals surface area contributed by atoms with E-state index in [0.29, 0.717) is 19.8 Å². The lowest BCUT2D eigenvalue weighted by molar-refractivity contribution is 0.171. The summed E-state index contributed by atoms with van der Waals surface area (Å²) in [6.45, 7) is 1.85. The van der Waals surface area contributed by atoms with Crippen molar-refractivity contribution in [3.05, 3.63) is 42.0 Å². The molecule has 0 amide bonds. The average molecular weight is 301 g/mol. The van der Waals surface area contributed by atoms with Gasteiger partial charge in [-0.3, -0.25) is 0 Å². The van der Waals surface area contributed by atoms with Crippen LogP contribution in [0.5, 0.6) is 23.0 Å². The summed E-state index contributed by atoms with van der Waals surface area (Å²) >= 11 is 0. The van der Waals surface area contributed by atoms with Gasteiger partial charge in [0.05, 0.1) is 19.9 Å². The first-order valence-electron chi connectivity index (χ1n) is 7.14. The second-order valence-corrected chi connectivity index (χ2v) is 4.90. The van der Waals surface area contributed by atoms with Crippen molar-refractivity contribution in [1.29, 1.82) is 0 Å². The van der Waals surface area contributed by atoms with E-state index in [2.05, 4.69) is 5.32 Å². The van der Waals surface area contributed by atoms with Gasteiger partial charge in [0.1, 0.15) is 24.7 Å². The summed E-state index contributed by atoms with van der Waals surface area (Å²) in [6.07, 6.45) is 0. The van der Waals surface area contributed by atoms with E-state index in [0.717, 1.165) is 34.2 Å². The molecule has 1 aliphatic heterocycles. The molecule has 2 aromatic rings. The Kier molecular flexibility index (Phi) is 4.23. The summed E-state index contributed by atoms with van der Waals surface area (Å²) in [4.78, 5) is 0. The van der Waals surface area contributed by atoms with Crippen LogP contribution in [0.1, 0.15) is 5.56 Å². The van der Waals surface area contributed by atoms with Crippen LogP contribution >= 0.6 is 0 Å². The second-order valence-electron chi connectivity index (χ2n) is 4.90. The molecule has 0 bridgehead atoms. The average Bonchev–Trinajstić information content (AvgIpc) is 2.59. The van der Waals surface area contributed by atoms with Crippen LogP contribution in [0, 0.1) is 0 Å². The molecule has 0 saturated heterocycles. The minimum atomic E-state index is 0.591. The van der Waals surface area contributed by atoms with E-state index in [-0.39, 0.29) is 0 Å². The first kappa shape index (κ1) is 14.4. The van der Waals surface area contributed by atoms with Gasteiger partial charge in [-0.25, -0.2) is 0 Å². The molecule has 1 N–H and O–H groups in total. The van der Waals surface area contributed by atoms with Crippen LogP contribution in [-0.4, -0.2) is 27.4 Å². The number of ether oxygens (including phenoxy) is 4. The van der Waals surface area contributed by atoms with Crippen molar-refractivity contribution < 1.29 is 18.9 Å². The van der Waals surface area contributed by atoms with Crippen molar-refractivity contribution in [3.63, 3.8) is 0 Å². The summed E-state index contributed by atoms with van der Waals surface area (Å²) in [5.41, 5.74) is 1.99. The van der Waals surface area contributed by atoms with Crippen LogP contribution in [0.3, 0.4) is 0 Å². The maximum absolute atomic E-state index is 5.60. The Morgan fingerprint density at radius 2 is 1.77 bits per heavy atom. The first-order chi connectivity index (χ1) is 10.8. The highest BCUT2D eigenvalue weighted by atomic mass is 16.6. The van der Waals surface area contributed by atoms with Crippen LogP contribution in [0.2, 0.25) is 0 Å². The van der Waals surface area contributed by atoms with Crippen LogP contribution in [0.15, 0.2) is 36.4 Å². The summed E-state index contributed by atoms with van der Waals surface area (Å²) in [6, 6.07) is 11.6. The Hall–Kier alpha value is -2.56. The molecule has 1 aliphatic rings. The number of rotatable bonds is 5. The lowest BCUT2D eigenvalue weighted by Gasteiger charge is -2.19. The Morgan fingerprint density at radius 1 is 0.955 bits per heavy atom. The molecule has 0 unspecified atom stereocenters. The van der Waals surface area contributed by atoms with Crippen molar-refractivity contribution in [2.45, 2.75) is 6.54 Å². The van der Waals surface area contributed by atoms with E-state index in [4.69, 9.17) is 18.9 Å². The third-order valence-electron chi connectivity index (χ3n) is 3.50. The van der Waals surface area contributed by atoms with Crippen LogP contribution < -0.4 is 24.3 Å². The van der Waals surface area contributed by atoms with Crippen molar-refractivity contribution in [2.75, 3.05) is 32.8 Å². The molecule has 0 aromatic heterocycles. The molecule has 22 heavy (non-hydrogen) atoms. The summed E-state index contributed by atoms with van der Waals surface area (Å²) in [5, 5.41) is 3.36. The molecule has 0 atom stereocenters. The maximum atomic E-state index is 5.60. The van der Waals surface area contributed by atoms with E-state index in [1.54, 1.807) is 14.2 Å². The molecule has 116 valence electrons. The third kappa shape index (κ3) is 3.03. The van der Waals surface area contributed by atoms with E-state index >= 15 is 0 Å². The molecule has 3 rings (SSSR count). The van der Waals surface area contributed by atoms with Crippen molar-refractivity contribution >= 4 is 5.69 Å². The van der Waals surface area contributed by atoms with Gasteiger partial charge in [0.25, 0.3) is 0 Å². The topological polar surface area (TPSA) is 49.0 Å². The minimum Gasteiger partial charge on any atom is -0.497 e. The summed E-state index contributed by atoms with van der Waals surface area (Å²) < 4.78 is 21.7. The predicted molar refractivity (Wildman–Crippen MR) is 84.3 cm³/mol. The first-order valence-corrected chi connectivity index (χ1v) is 7.14. The van der Waals surface area contributed by atoms with E-state index < -0.39 is 0 Å². The number of benzene rings is 2. The number of hydrogen-bond donors (Lipinski definition) is 1. The quantitative estimate of drug-likeness (QED) is 0.919. The van der Waals surface area contributed by atoms with Crippen LogP contribution in [-0.2, 0) is 6.54 Å². The summed E-state index contributed by atoms with van der Waals surface area (Å²) in [7, 11) is 3.30. The molecule has 0 aliphatic carbocycles. The van der Waals surface area contributed by atoms with Gasteiger partial charge in [-0.2, -0.15) is 0 Å². The Labute approximate surface area is 129 Å². The Balaban J connectivity index is 1.74. The van der Waals surface area contributed by atoms with Gasteiger partial charge >= 0.3 is 0 Å². The Bertz CT molecular complexity index is 657. The molecule has 0 fully saturated rings. The van der Waals surface area contributed by atoms with Crippen molar-refractivity contribution in [1.82, 2.24) is 0 Å². The van der Waals surface area contributed by atoms with Gasteiger partial charge in [0, 0.05) is 12.6 Å². The Morgan fingerprint density at radius 3 is 2.55 bits per heavy atom. The molecule has 0 radical (unpaired) electrons. The molecule has 1 heterocycles. The van der Waals surface area contributed by atoms with Crippen molar-refractivity contribution in [3.8, 4) is 23.0 Å². The minimum absolute atomic E-state index is 0.591. The number of fused-ring (bicyclic) bond motifs is 1. The van der Waals surface area contributed by atoms with Crippen molar-refractivity contribution in [2.24, 2.45) is 0 Å². The SMILES string of the molecule is COc1ccc(OC)c(NCc2ccc3c(c2)OCCO3)c1. The van der Waals surface area contributed by atoms with Gasteiger partial charge in [-0.15, -0.1) is 0 Å². The van der Waals surface area contributed by atoms with Crippen LogP contribution in [0.4, 0.5) is 5.69 Å². The fourth-order valence-electron chi connectivity index (χ4n) is 2.35. The lowest BCUT2D eigenvalue weighted by atomic mass is 10.2. The number of methoxy groups -OCH3 is 2. The lowest BCUT2D eigenvalue weighted by Crippen LogP contribution is -2.15. The van der Waals surface area contributed by atoms with E-state index in [1.165, 1.54) is 0 Å². The normalized spacial score (nSPS) is 12.6. The van der Waals surface area contributed by atoms with Gasteiger partial charge in [-0.05, 0) is 29.8 Å². The monoisotopic (exact) mass is 301 g/mol. The standard InChI is InChI=1S/C17H19NO4/c1-19-13-4-6-15(20-2)14(10-13)18-11-12-3-5-16-17(9-12)22-8-7-21-16/h3-6,9-10,18H,7-8,11H2,1-2H3. The molecule has 0 spiro atoms. The molecule has 5 heteroatoms. The highest BCUT2D eigenvalue weighted by Gasteiger charge is 2.12. The fourth-order valence-corrected chi connectivity index (χ4v) is 2.35. The highest BCUT2D eigenvalue weighted by Crippen LogP contribution is 2.32. The third-order valence-corrected chi connectivity index (χ3v) is 3.50. The summed E-state index contributed by atoms with van der Waals surface area (Å²) in [5.74, 6) is 3.15. The fraction of sp³-hybridized carbons (Fsp3) is 0.294. The zero-order valence-electron chi connectivity index (χ0n) is 12.7. The van der Waals surface area contributed by atoms with Crippen LogP contribution in [0.25, 0.3) is 0 Å². The number of nitrogens with one attached hydrogen (secondary N) is 1. The smallest absolute Gasteiger partial charge is 0.161 e. The molecular formula is C17H19NO4. The number of anilines is 1. The maximum Gasteiger partial charge on any atom is 0.161 e. The predicted octanol–water partition coefficient (Wildman–Crippen LogP) is 3.09. The molecule has 2 aromatic carbocycles. The van der Waals surface area contributed by atoms with E-state index in [1.807, 2.05) is 36.4 Å². The molecular weight excluding hydrogens is 282 g/mol. The van der Waals surface area contributed by atoms with E-state index in [9.17, 15) is 0 Å². The van der Waals surface area contributed by atoms with Gasteiger partial charge < -0.3 is 24.3 Å². The van der Waals surface area contributed by atoms with Gasteiger partial charge in [0.2, 0.25) is 0 Å². The van der Waals surface area contributed by atoms with Gasteiger partial charge in [-0.1, -0.05) is 6.07 Å².